The summed E-state index contributed by atoms with van der Waals surface area (Å²) in [5, 5.41) is 0. The summed E-state index contributed by atoms with van der Waals surface area (Å²) >= 11 is 0. The van der Waals surface area contributed by atoms with E-state index < -0.39 is 0 Å². The molecule has 0 atom stereocenters. The Balaban J connectivity index is 2.58. The number of benzene rings is 2. The van der Waals surface area contributed by atoms with E-state index in [0.29, 0.717) is 0 Å². The first-order chi connectivity index (χ1) is 10.2. The molecule has 2 aromatic carbocycles. The Kier molecular flexibility index (Phi) is 4.41. The molecule has 0 saturated heterocycles. The third kappa shape index (κ3) is 3.38. The second-order valence-corrected chi connectivity index (χ2v) is 7.01. The van der Waals surface area contributed by atoms with Gasteiger partial charge in [0.25, 0.3) is 0 Å². The van der Waals surface area contributed by atoms with Gasteiger partial charge < -0.3 is 4.90 Å². The number of hydrogen-bond acceptors (Lipinski definition) is 2. The molecule has 2 rings (SSSR count). The maximum atomic E-state index is 12.0. The highest BCUT2D eigenvalue weighted by atomic mass is 16.1. The van der Waals surface area contributed by atoms with Gasteiger partial charge in [-0.1, -0.05) is 45.0 Å². The predicted molar refractivity (Wildman–Crippen MR) is 94.9 cm³/mol. The van der Waals surface area contributed by atoms with Crippen LogP contribution < -0.4 is 4.90 Å². The molecule has 0 N–H and O–H groups in total. The number of ketones is 1. The molecule has 0 spiro atoms. The van der Waals surface area contributed by atoms with Gasteiger partial charge in [0.2, 0.25) is 0 Å². The monoisotopic (exact) mass is 295 g/mol. The Hall–Kier alpha value is -2.09. The lowest BCUT2D eigenvalue weighted by atomic mass is 9.83. The first-order valence-electron chi connectivity index (χ1n) is 7.63. The largest absolute Gasteiger partial charge is 0.378 e. The van der Waals surface area contributed by atoms with Gasteiger partial charge in [0.1, 0.15) is 0 Å². The summed E-state index contributed by atoms with van der Waals surface area (Å²) in [6.45, 7) is 8.20. The van der Waals surface area contributed by atoms with E-state index in [-0.39, 0.29) is 11.2 Å². The Bertz CT molecular complexity index is 676. The van der Waals surface area contributed by atoms with Crippen LogP contribution in [0.5, 0.6) is 0 Å². The number of anilines is 1. The zero-order valence-electron chi connectivity index (χ0n) is 14.4. The summed E-state index contributed by atoms with van der Waals surface area (Å²) in [4.78, 5) is 14.0. The first-order valence-corrected chi connectivity index (χ1v) is 7.63. The van der Waals surface area contributed by atoms with Crippen LogP contribution in [0.2, 0.25) is 0 Å². The molecule has 116 valence electrons. The Morgan fingerprint density at radius 1 is 0.955 bits per heavy atom. The molecular formula is C20H25NO. The maximum Gasteiger partial charge on any atom is 0.160 e. The minimum atomic E-state index is 0.0631. The molecule has 2 aromatic rings. The van der Waals surface area contributed by atoms with Crippen molar-refractivity contribution in [1.29, 1.82) is 0 Å². The molecule has 2 nitrogen and oxygen atoms in total. The number of hydrogen-bond donors (Lipinski definition) is 0. The molecule has 0 aliphatic rings. The molecule has 0 aliphatic carbocycles. The van der Waals surface area contributed by atoms with Gasteiger partial charge in [-0.2, -0.15) is 0 Å². The van der Waals surface area contributed by atoms with Gasteiger partial charge in [-0.3, -0.25) is 4.79 Å². The van der Waals surface area contributed by atoms with Gasteiger partial charge in [-0.15, -0.1) is 0 Å². The van der Waals surface area contributed by atoms with Gasteiger partial charge in [-0.25, -0.2) is 0 Å². The van der Waals surface area contributed by atoms with E-state index in [1.807, 2.05) is 20.2 Å². The van der Waals surface area contributed by atoms with Crippen molar-refractivity contribution >= 4 is 11.5 Å². The van der Waals surface area contributed by atoms with E-state index >= 15 is 0 Å². The second kappa shape index (κ2) is 5.96. The number of carbonyl (C=O) groups excluding carboxylic acids is 1. The Morgan fingerprint density at radius 3 is 2.00 bits per heavy atom. The fourth-order valence-corrected chi connectivity index (χ4v) is 2.50. The molecule has 0 amide bonds. The summed E-state index contributed by atoms with van der Waals surface area (Å²) in [5.41, 5.74) is 5.34. The van der Waals surface area contributed by atoms with E-state index in [1.54, 1.807) is 6.92 Å². The SMILES string of the molecule is CC(=O)c1ccc(C(C)(C)C)cc1-c1ccc(N(C)C)cc1. The van der Waals surface area contributed by atoms with Crippen molar-refractivity contribution in [2.75, 3.05) is 19.0 Å². The van der Waals surface area contributed by atoms with Gasteiger partial charge in [-0.05, 0) is 47.2 Å². The van der Waals surface area contributed by atoms with Crippen LogP contribution in [0.4, 0.5) is 5.69 Å². The van der Waals surface area contributed by atoms with E-state index in [0.717, 1.165) is 22.4 Å². The lowest BCUT2D eigenvalue weighted by Crippen LogP contribution is -2.12. The van der Waals surface area contributed by atoms with Crippen molar-refractivity contribution in [2.24, 2.45) is 0 Å². The normalized spacial score (nSPS) is 11.4. The Morgan fingerprint density at radius 2 is 1.55 bits per heavy atom. The quantitative estimate of drug-likeness (QED) is 0.749. The van der Waals surface area contributed by atoms with Crippen LogP contribution in [0.25, 0.3) is 11.1 Å². The van der Waals surface area contributed by atoms with Crippen LogP contribution in [-0.2, 0) is 5.41 Å². The fourth-order valence-electron chi connectivity index (χ4n) is 2.50. The predicted octanol–water partition coefficient (Wildman–Crippen LogP) is 4.92. The maximum absolute atomic E-state index is 12.0. The third-order valence-electron chi connectivity index (χ3n) is 3.96. The van der Waals surface area contributed by atoms with Crippen molar-refractivity contribution in [2.45, 2.75) is 33.1 Å². The molecule has 0 bridgehead atoms. The van der Waals surface area contributed by atoms with Crippen LogP contribution in [0.15, 0.2) is 42.5 Å². The fraction of sp³-hybridized carbons (Fsp3) is 0.350. The summed E-state index contributed by atoms with van der Waals surface area (Å²) < 4.78 is 0. The van der Waals surface area contributed by atoms with Crippen LogP contribution in [0.1, 0.15) is 43.6 Å². The standard InChI is InChI=1S/C20H25NO/c1-14(22)18-12-9-16(20(2,3)4)13-19(18)15-7-10-17(11-8-15)21(5)6/h7-13H,1-6H3. The number of Topliss-reactive ketones (excluding diaryl/α,β-unsaturated/α-hetero) is 1. The minimum Gasteiger partial charge on any atom is -0.378 e. The smallest absolute Gasteiger partial charge is 0.160 e. The number of carbonyl (C=O) groups is 1. The van der Waals surface area contributed by atoms with Gasteiger partial charge >= 0.3 is 0 Å². The molecular weight excluding hydrogens is 270 g/mol. The molecule has 0 aliphatic heterocycles. The number of nitrogens with zero attached hydrogens (tertiary/aromatic N) is 1. The van der Waals surface area contributed by atoms with E-state index in [1.165, 1.54) is 5.56 Å². The van der Waals surface area contributed by atoms with E-state index in [2.05, 4.69) is 62.1 Å². The topological polar surface area (TPSA) is 20.3 Å². The summed E-state index contributed by atoms with van der Waals surface area (Å²) in [6.07, 6.45) is 0. The summed E-state index contributed by atoms with van der Waals surface area (Å²) in [5.74, 6) is 0.104. The molecule has 0 unspecified atom stereocenters. The summed E-state index contributed by atoms with van der Waals surface area (Å²) in [6, 6.07) is 14.5. The average Bonchev–Trinajstić information content (AvgIpc) is 2.45. The average molecular weight is 295 g/mol. The van der Waals surface area contributed by atoms with Crippen LogP contribution >= 0.6 is 0 Å². The van der Waals surface area contributed by atoms with Crippen LogP contribution in [0.3, 0.4) is 0 Å². The first kappa shape index (κ1) is 16.3. The van der Waals surface area contributed by atoms with Crippen molar-refractivity contribution in [3.8, 4) is 11.1 Å². The lowest BCUT2D eigenvalue weighted by Gasteiger charge is -2.21. The Labute approximate surface area is 133 Å². The van der Waals surface area contributed by atoms with Gasteiger partial charge in [0, 0.05) is 25.3 Å². The highest BCUT2D eigenvalue weighted by Gasteiger charge is 2.17. The zero-order valence-corrected chi connectivity index (χ0v) is 14.4. The molecule has 0 heterocycles. The second-order valence-electron chi connectivity index (χ2n) is 7.01. The van der Waals surface area contributed by atoms with E-state index in [4.69, 9.17) is 0 Å². The van der Waals surface area contributed by atoms with E-state index in [9.17, 15) is 4.79 Å². The van der Waals surface area contributed by atoms with Crippen molar-refractivity contribution in [3.05, 3.63) is 53.6 Å². The third-order valence-corrected chi connectivity index (χ3v) is 3.96. The van der Waals surface area contributed by atoms with Crippen LogP contribution in [0, 0.1) is 0 Å². The number of rotatable bonds is 3. The lowest BCUT2D eigenvalue weighted by molar-refractivity contribution is 0.101. The molecule has 0 fully saturated rings. The van der Waals surface area contributed by atoms with Crippen molar-refractivity contribution in [1.82, 2.24) is 0 Å². The van der Waals surface area contributed by atoms with Gasteiger partial charge in [0.15, 0.2) is 5.78 Å². The van der Waals surface area contributed by atoms with Crippen LogP contribution in [-0.4, -0.2) is 19.9 Å². The van der Waals surface area contributed by atoms with Crippen molar-refractivity contribution in [3.63, 3.8) is 0 Å². The minimum absolute atomic E-state index is 0.0631. The molecule has 22 heavy (non-hydrogen) atoms. The highest BCUT2D eigenvalue weighted by Crippen LogP contribution is 2.31. The molecule has 0 saturated carbocycles. The summed E-state index contributed by atoms with van der Waals surface area (Å²) in [7, 11) is 4.05. The molecule has 2 heteroatoms. The highest BCUT2D eigenvalue weighted by molar-refractivity contribution is 6.01. The van der Waals surface area contributed by atoms with Gasteiger partial charge in [0.05, 0.1) is 0 Å². The molecule has 0 radical (unpaired) electrons. The molecule has 0 aromatic heterocycles. The zero-order chi connectivity index (χ0) is 16.5. The van der Waals surface area contributed by atoms with Crippen molar-refractivity contribution < 1.29 is 4.79 Å².